The minimum absolute atomic E-state index is 0.106. The van der Waals surface area contributed by atoms with Gasteiger partial charge in [-0.1, -0.05) is 44.2 Å². The molecule has 1 amide bonds. The number of esters is 1. The fraction of sp³-hybridized carbons (Fsp3) is 0.581. The van der Waals surface area contributed by atoms with E-state index in [1.165, 1.54) is 0 Å². The number of aliphatic hydroxyl groups excluding tert-OH is 1. The van der Waals surface area contributed by atoms with Gasteiger partial charge in [-0.15, -0.1) is 0 Å². The normalized spacial score (nSPS) is 31.1. The highest BCUT2D eigenvalue weighted by molar-refractivity contribution is 5.70. The minimum Gasteiger partial charge on any atom is -0.457 e. The summed E-state index contributed by atoms with van der Waals surface area (Å²) >= 11 is 0. The lowest BCUT2D eigenvalue weighted by Crippen LogP contribution is -2.50. The number of hydrogen-bond acceptors (Lipinski definition) is 8. The molecular weight excluding hydrogens is 510 g/mol. The average molecular weight is 556 g/mol. The summed E-state index contributed by atoms with van der Waals surface area (Å²) in [5.74, 6) is -0.692. The fourth-order valence-corrected chi connectivity index (χ4v) is 4.84. The van der Waals surface area contributed by atoms with Gasteiger partial charge in [-0.25, -0.2) is 4.79 Å². The van der Waals surface area contributed by atoms with Gasteiger partial charge in [0.1, 0.15) is 11.7 Å². The van der Waals surface area contributed by atoms with Crippen molar-refractivity contribution in [3.63, 3.8) is 0 Å². The molecule has 0 aromatic carbocycles. The van der Waals surface area contributed by atoms with E-state index in [9.17, 15) is 19.8 Å². The number of hydrogen-bond donors (Lipinski definition) is 2. The van der Waals surface area contributed by atoms with Crippen molar-refractivity contribution in [1.82, 2.24) is 14.8 Å². The number of amides is 1. The Morgan fingerprint density at radius 3 is 2.65 bits per heavy atom. The Labute approximate surface area is 238 Å². The zero-order valence-electron chi connectivity index (χ0n) is 24.4. The molecule has 1 aromatic heterocycles. The van der Waals surface area contributed by atoms with Crippen molar-refractivity contribution in [1.29, 1.82) is 0 Å². The van der Waals surface area contributed by atoms with Crippen LogP contribution in [0.1, 0.15) is 58.6 Å². The number of pyridine rings is 1. The monoisotopic (exact) mass is 555 g/mol. The van der Waals surface area contributed by atoms with E-state index in [4.69, 9.17) is 9.47 Å². The van der Waals surface area contributed by atoms with Gasteiger partial charge in [0.05, 0.1) is 12.5 Å². The summed E-state index contributed by atoms with van der Waals surface area (Å²) in [6.45, 7) is 10.1. The number of nitrogens with zero attached hydrogens (tertiary/aromatic N) is 3. The molecule has 1 saturated heterocycles. The number of carbonyl (C=O) groups excluding carboxylic acids is 2. The van der Waals surface area contributed by atoms with E-state index in [2.05, 4.69) is 16.8 Å². The summed E-state index contributed by atoms with van der Waals surface area (Å²) in [5.41, 5.74) is 0.337. The van der Waals surface area contributed by atoms with Crippen LogP contribution >= 0.6 is 0 Å². The molecule has 0 bridgehead atoms. The van der Waals surface area contributed by atoms with Crippen molar-refractivity contribution in [3.8, 4) is 0 Å². The van der Waals surface area contributed by atoms with Crippen LogP contribution < -0.4 is 0 Å². The number of piperazine rings is 1. The highest BCUT2D eigenvalue weighted by atomic mass is 16.6. The Hall–Kier alpha value is -3.01. The van der Waals surface area contributed by atoms with Crippen molar-refractivity contribution in [2.24, 2.45) is 5.92 Å². The molecule has 0 unspecified atom stereocenters. The van der Waals surface area contributed by atoms with Gasteiger partial charge in [-0.3, -0.25) is 9.78 Å². The Morgan fingerprint density at radius 1 is 1.25 bits per heavy atom. The highest BCUT2D eigenvalue weighted by Gasteiger charge is 2.36. The molecule has 3 heterocycles. The van der Waals surface area contributed by atoms with Gasteiger partial charge in [0.25, 0.3) is 0 Å². The van der Waals surface area contributed by atoms with Crippen molar-refractivity contribution in [2.75, 3.05) is 33.2 Å². The molecule has 0 aliphatic carbocycles. The second-order valence-corrected chi connectivity index (χ2v) is 11.3. The predicted molar refractivity (Wildman–Crippen MR) is 154 cm³/mol. The summed E-state index contributed by atoms with van der Waals surface area (Å²) in [6.07, 6.45) is 8.23. The van der Waals surface area contributed by atoms with Crippen LogP contribution in [0.15, 0.2) is 60.3 Å². The first kappa shape index (κ1) is 31.5. The average Bonchev–Trinajstić information content (AvgIpc) is 2.92. The highest BCUT2D eigenvalue weighted by Crippen LogP contribution is 2.27. The number of ether oxygens (including phenoxy) is 2. The Morgan fingerprint density at radius 2 is 1.98 bits per heavy atom. The maximum Gasteiger partial charge on any atom is 0.410 e. The van der Waals surface area contributed by atoms with Gasteiger partial charge in [0.2, 0.25) is 0 Å². The van der Waals surface area contributed by atoms with Crippen molar-refractivity contribution < 1.29 is 29.3 Å². The molecule has 3 rings (SSSR count). The van der Waals surface area contributed by atoms with Crippen LogP contribution in [-0.2, 0) is 14.3 Å². The second kappa shape index (κ2) is 14.6. The molecule has 9 heteroatoms. The van der Waals surface area contributed by atoms with Gasteiger partial charge in [-0.05, 0) is 57.5 Å². The molecular formula is C31H45N3O6. The third-order valence-corrected chi connectivity index (χ3v) is 7.68. The topological polar surface area (TPSA) is 112 Å². The number of aromatic nitrogens is 1. The maximum absolute atomic E-state index is 13.0. The van der Waals surface area contributed by atoms with Gasteiger partial charge >= 0.3 is 12.1 Å². The molecule has 6 atom stereocenters. The third-order valence-electron chi connectivity index (χ3n) is 7.68. The molecule has 40 heavy (non-hydrogen) atoms. The van der Waals surface area contributed by atoms with Crippen LogP contribution in [0.5, 0.6) is 0 Å². The number of allylic oxidation sites excluding steroid dienone is 3. The number of carbonyl (C=O) groups is 2. The van der Waals surface area contributed by atoms with E-state index in [-0.39, 0.29) is 31.1 Å². The van der Waals surface area contributed by atoms with Crippen molar-refractivity contribution in [3.05, 3.63) is 66.0 Å². The van der Waals surface area contributed by atoms with Crippen LogP contribution in [-0.4, -0.2) is 94.2 Å². The fourth-order valence-electron chi connectivity index (χ4n) is 4.84. The van der Waals surface area contributed by atoms with Crippen molar-refractivity contribution >= 4 is 12.1 Å². The van der Waals surface area contributed by atoms with E-state index >= 15 is 0 Å². The zero-order valence-corrected chi connectivity index (χ0v) is 24.4. The zero-order chi connectivity index (χ0) is 29.3. The van der Waals surface area contributed by atoms with E-state index < -0.39 is 36.0 Å². The molecule has 2 N–H and O–H groups in total. The van der Waals surface area contributed by atoms with E-state index in [0.29, 0.717) is 13.1 Å². The molecule has 220 valence electrons. The van der Waals surface area contributed by atoms with Crippen LogP contribution in [0.2, 0.25) is 0 Å². The first-order valence-electron chi connectivity index (χ1n) is 14.1. The maximum atomic E-state index is 13.0. The molecule has 1 aromatic rings. The number of likely N-dealkylation sites (N-methyl/N-ethyl adjacent to an activating group) is 1. The standard InChI is InChI=1S/C31H45N3O6/c1-22(26-11-6-7-16-32-26)9-8-10-23(2)29-24(3)12-13-27(39-30(37)34-19-17-33(5)18-20-34)31(4,38)15-14-25(35)21-28(36)40-29/h6-13,16,22,24-25,27,29,35,38H,14-15,17-21H2,1-5H3/b9-8+,13-12+,23-10+/t22-,24-,25-,27-,29+,31-/m0/s1. The largest absolute Gasteiger partial charge is 0.457 e. The van der Waals surface area contributed by atoms with Gasteiger partial charge in [-0.2, -0.15) is 0 Å². The summed E-state index contributed by atoms with van der Waals surface area (Å²) in [7, 11) is 2.01. The Balaban J connectivity index is 1.81. The first-order chi connectivity index (χ1) is 19.0. The Bertz CT molecular complexity index is 1060. The van der Waals surface area contributed by atoms with Gasteiger partial charge in [0.15, 0.2) is 6.10 Å². The summed E-state index contributed by atoms with van der Waals surface area (Å²) in [6, 6.07) is 5.80. The predicted octanol–water partition coefficient (Wildman–Crippen LogP) is 3.84. The Kier molecular flexibility index (Phi) is 11.5. The smallest absolute Gasteiger partial charge is 0.410 e. The molecule has 9 nitrogen and oxygen atoms in total. The van der Waals surface area contributed by atoms with Crippen LogP contribution in [0, 0.1) is 5.92 Å². The molecule has 0 radical (unpaired) electrons. The summed E-state index contributed by atoms with van der Waals surface area (Å²) < 4.78 is 11.7. The lowest BCUT2D eigenvalue weighted by molar-refractivity contribution is -0.151. The van der Waals surface area contributed by atoms with Crippen LogP contribution in [0.3, 0.4) is 0 Å². The lowest BCUT2D eigenvalue weighted by atomic mass is 9.88. The molecule has 0 spiro atoms. The van der Waals surface area contributed by atoms with E-state index in [1.807, 2.05) is 63.4 Å². The summed E-state index contributed by atoms with van der Waals surface area (Å²) in [5, 5.41) is 21.8. The minimum atomic E-state index is -1.44. The second-order valence-electron chi connectivity index (χ2n) is 11.3. The van der Waals surface area contributed by atoms with Gasteiger partial charge < -0.3 is 29.5 Å². The molecule has 0 saturated carbocycles. The molecule has 2 aliphatic heterocycles. The number of aliphatic hydroxyl groups is 2. The molecule has 2 aliphatic rings. The third kappa shape index (κ3) is 9.28. The number of rotatable bonds is 5. The van der Waals surface area contributed by atoms with Crippen LogP contribution in [0.25, 0.3) is 0 Å². The number of cyclic esters (lactones) is 1. The van der Waals surface area contributed by atoms with E-state index in [0.717, 1.165) is 24.4 Å². The summed E-state index contributed by atoms with van der Waals surface area (Å²) in [4.78, 5) is 33.9. The first-order valence-corrected chi connectivity index (χ1v) is 14.1. The van der Waals surface area contributed by atoms with E-state index in [1.54, 1.807) is 24.1 Å². The SMILES string of the molecule is C/C(=C\C=C\[C@H](C)c1ccccn1)[C@H]1OC(=O)C[C@@H](O)CC[C@](C)(O)[C@@H](OC(=O)N2CCN(C)CC2)/C=C/[C@@H]1C. The van der Waals surface area contributed by atoms with Crippen LogP contribution in [0.4, 0.5) is 4.79 Å². The van der Waals surface area contributed by atoms with Gasteiger partial charge in [0, 0.05) is 49.9 Å². The lowest BCUT2D eigenvalue weighted by Gasteiger charge is -2.36. The molecule has 1 fully saturated rings. The van der Waals surface area contributed by atoms with Crippen molar-refractivity contribution in [2.45, 2.75) is 76.8 Å². The quantitative estimate of drug-likeness (QED) is 0.320.